The molecular weight excluding hydrogens is 238 g/mol. The Morgan fingerprint density at radius 3 is 2.95 bits per heavy atom. The number of aliphatic hydroxyl groups excluding tert-OH is 1. The minimum Gasteiger partial charge on any atom is -0.397 e. The molecule has 1 unspecified atom stereocenters. The van der Waals surface area contributed by atoms with E-state index in [1.165, 1.54) is 12.8 Å². The predicted molar refractivity (Wildman–Crippen MR) is 76.9 cm³/mol. The summed E-state index contributed by atoms with van der Waals surface area (Å²) >= 11 is 0. The number of nitrogens with zero attached hydrogens (tertiary/aromatic N) is 2. The van der Waals surface area contributed by atoms with Crippen molar-refractivity contribution in [3.05, 3.63) is 23.8 Å². The zero-order valence-corrected chi connectivity index (χ0v) is 11.2. The maximum Gasteiger partial charge on any atom is 0.0992 e. The van der Waals surface area contributed by atoms with Crippen LogP contribution < -0.4 is 10.6 Å². The monoisotopic (exact) mass is 259 g/mol. The molecule has 0 aliphatic carbocycles. The van der Waals surface area contributed by atoms with Gasteiger partial charge in [-0.2, -0.15) is 5.26 Å². The smallest absolute Gasteiger partial charge is 0.0992 e. The zero-order chi connectivity index (χ0) is 13.7. The number of hydrogen-bond donors (Lipinski definition) is 2. The van der Waals surface area contributed by atoms with E-state index >= 15 is 0 Å². The highest BCUT2D eigenvalue weighted by Gasteiger charge is 2.23. The Kier molecular flexibility index (Phi) is 4.64. The Morgan fingerprint density at radius 1 is 1.42 bits per heavy atom. The summed E-state index contributed by atoms with van der Waals surface area (Å²) in [6.45, 7) is 1.25. The number of aliphatic hydroxyl groups is 1. The van der Waals surface area contributed by atoms with E-state index in [-0.39, 0.29) is 6.61 Å². The van der Waals surface area contributed by atoms with E-state index in [4.69, 9.17) is 16.1 Å². The molecule has 1 aliphatic heterocycles. The summed E-state index contributed by atoms with van der Waals surface area (Å²) < 4.78 is 0. The minimum absolute atomic E-state index is 0.243. The molecule has 1 aliphatic rings. The van der Waals surface area contributed by atoms with Crippen molar-refractivity contribution in [1.82, 2.24) is 0 Å². The number of nitrogens with two attached hydrogens (primary N) is 1. The molecule has 1 aromatic carbocycles. The van der Waals surface area contributed by atoms with Gasteiger partial charge in [0.1, 0.15) is 0 Å². The van der Waals surface area contributed by atoms with Crippen LogP contribution in [0.3, 0.4) is 0 Å². The third-order valence-electron chi connectivity index (χ3n) is 3.79. The average Bonchev–Trinajstić information content (AvgIpc) is 2.45. The lowest BCUT2D eigenvalue weighted by molar-refractivity contribution is 0.273. The standard InChI is InChI=1S/C15H21N3O/c16-11-12-6-7-15(14(17)10-12)18-8-2-1-4-13(18)5-3-9-19/h6-7,10,13,19H,1-5,8-9,17H2. The SMILES string of the molecule is N#Cc1ccc(N2CCCCC2CCCO)c(N)c1. The highest BCUT2D eigenvalue weighted by atomic mass is 16.2. The second-order valence-corrected chi connectivity index (χ2v) is 5.09. The largest absolute Gasteiger partial charge is 0.397 e. The summed E-state index contributed by atoms with van der Waals surface area (Å²) in [5, 5.41) is 17.9. The number of nitriles is 1. The van der Waals surface area contributed by atoms with Crippen molar-refractivity contribution >= 4 is 11.4 Å². The van der Waals surface area contributed by atoms with Gasteiger partial charge in [-0.25, -0.2) is 0 Å². The molecule has 0 radical (unpaired) electrons. The summed E-state index contributed by atoms with van der Waals surface area (Å²) in [6, 6.07) is 8.08. The van der Waals surface area contributed by atoms with Crippen LogP contribution >= 0.6 is 0 Å². The van der Waals surface area contributed by atoms with Crippen LogP contribution in [0.5, 0.6) is 0 Å². The first-order chi connectivity index (χ1) is 9.26. The summed E-state index contributed by atoms with van der Waals surface area (Å²) in [5.41, 5.74) is 8.38. The highest BCUT2D eigenvalue weighted by Crippen LogP contribution is 2.31. The average molecular weight is 259 g/mol. The Balaban J connectivity index is 2.19. The van der Waals surface area contributed by atoms with Crippen LogP contribution in [0.1, 0.15) is 37.7 Å². The summed E-state index contributed by atoms with van der Waals surface area (Å²) in [7, 11) is 0. The molecule has 1 aromatic rings. The molecule has 1 saturated heterocycles. The van der Waals surface area contributed by atoms with Crippen LogP contribution in [0.2, 0.25) is 0 Å². The van der Waals surface area contributed by atoms with E-state index in [0.29, 0.717) is 17.3 Å². The molecule has 102 valence electrons. The van der Waals surface area contributed by atoms with E-state index in [0.717, 1.165) is 31.5 Å². The van der Waals surface area contributed by atoms with E-state index in [1.807, 2.05) is 12.1 Å². The zero-order valence-electron chi connectivity index (χ0n) is 11.2. The first-order valence-corrected chi connectivity index (χ1v) is 6.93. The summed E-state index contributed by atoms with van der Waals surface area (Å²) in [5.74, 6) is 0. The first kappa shape index (κ1) is 13.7. The van der Waals surface area contributed by atoms with Gasteiger partial charge >= 0.3 is 0 Å². The number of benzene rings is 1. The van der Waals surface area contributed by atoms with Gasteiger partial charge in [0.25, 0.3) is 0 Å². The molecular formula is C15H21N3O. The molecule has 4 nitrogen and oxygen atoms in total. The van der Waals surface area contributed by atoms with Gasteiger partial charge in [-0.1, -0.05) is 0 Å². The number of rotatable bonds is 4. The van der Waals surface area contributed by atoms with Crippen LogP contribution in [0.4, 0.5) is 11.4 Å². The fraction of sp³-hybridized carbons (Fsp3) is 0.533. The van der Waals surface area contributed by atoms with Crippen molar-refractivity contribution in [2.24, 2.45) is 0 Å². The number of nitrogen functional groups attached to an aromatic ring is 1. The second-order valence-electron chi connectivity index (χ2n) is 5.09. The van der Waals surface area contributed by atoms with Gasteiger partial charge in [0.15, 0.2) is 0 Å². The summed E-state index contributed by atoms with van der Waals surface area (Å²) in [4.78, 5) is 2.34. The molecule has 3 N–H and O–H groups in total. The molecule has 2 rings (SSSR count). The lowest BCUT2D eigenvalue weighted by Gasteiger charge is -2.38. The van der Waals surface area contributed by atoms with Crippen molar-refractivity contribution in [2.45, 2.75) is 38.1 Å². The van der Waals surface area contributed by atoms with Crippen molar-refractivity contribution in [3.63, 3.8) is 0 Å². The molecule has 1 atom stereocenters. The van der Waals surface area contributed by atoms with Crippen molar-refractivity contribution < 1.29 is 5.11 Å². The molecule has 0 spiro atoms. The molecule has 4 heteroatoms. The van der Waals surface area contributed by atoms with Gasteiger partial charge in [-0.05, 0) is 50.3 Å². The Hall–Kier alpha value is -1.73. The van der Waals surface area contributed by atoms with Crippen molar-refractivity contribution in [1.29, 1.82) is 5.26 Å². The normalized spacial score (nSPS) is 19.2. The molecule has 19 heavy (non-hydrogen) atoms. The van der Waals surface area contributed by atoms with E-state index in [1.54, 1.807) is 6.07 Å². The lowest BCUT2D eigenvalue weighted by atomic mass is 9.96. The quantitative estimate of drug-likeness (QED) is 0.813. The first-order valence-electron chi connectivity index (χ1n) is 6.93. The van der Waals surface area contributed by atoms with Gasteiger partial charge in [0.05, 0.1) is 23.0 Å². The van der Waals surface area contributed by atoms with Crippen molar-refractivity contribution in [3.8, 4) is 6.07 Å². The molecule has 1 heterocycles. The van der Waals surface area contributed by atoms with E-state index < -0.39 is 0 Å². The van der Waals surface area contributed by atoms with Gasteiger partial charge in [-0.15, -0.1) is 0 Å². The van der Waals surface area contributed by atoms with Gasteiger partial charge < -0.3 is 15.7 Å². The van der Waals surface area contributed by atoms with Crippen LogP contribution in [-0.2, 0) is 0 Å². The molecule has 0 saturated carbocycles. The van der Waals surface area contributed by atoms with Crippen LogP contribution in [-0.4, -0.2) is 24.3 Å². The molecule has 0 bridgehead atoms. The number of anilines is 2. The van der Waals surface area contributed by atoms with E-state index in [2.05, 4.69) is 11.0 Å². The van der Waals surface area contributed by atoms with E-state index in [9.17, 15) is 0 Å². The fourth-order valence-corrected chi connectivity index (χ4v) is 2.83. The number of hydrogen-bond acceptors (Lipinski definition) is 4. The minimum atomic E-state index is 0.243. The Labute approximate surface area is 114 Å². The maximum atomic E-state index is 9.00. The summed E-state index contributed by atoms with van der Waals surface area (Å²) in [6.07, 6.45) is 5.39. The van der Waals surface area contributed by atoms with Crippen molar-refractivity contribution in [2.75, 3.05) is 23.8 Å². The van der Waals surface area contributed by atoms with Crippen LogP contribution in [0, 0.1) is 11.3 Å². The third-order valence-corrected chi connectivity index (χ3v) is 3.79. The predicted octanol–water partition coefficient (Wildman–Crippen LogP) is 2.27. The van der Waals surface area contributed by atoms with Gasteiger partial charge in [-0.3, -0.25) is 0 Å². The Morgan fingerprint density at radius 2 is 2.26 bits per heavy atom. The maximum absolute atomic E-state index is 9.00. The molecule has 0 amide bonds. The molecule has 0 aromatic heterocycles. The van der Waals surface area contributed by atoms with Gasteiger partial charge in [0, 0.05) is 19.2 Å². The lowest BCUT2D eigenvalue weighted by Crippen LogP contribution is -2.40. The topological polar surface area (TPSA) is 73.3 Å². The molecule has 1 fully saturated rings. The van der Waals surface area contributed by atoms with Crippen LogP contribution in [0.25, 0.3) is 0 Å². The van der Waals surface area contributed by atoms with Crippen LogP contribution in [0.15, 0.2) is 18.2 Å². The van der Waals surface area contributed by atoms with Gasteiger partial charge in [0.2, 0.25) is 0 Å². The third kappa shape index (κ3) is 3.18. The number of piperidine rings is 1. The Bertz CT molecular complexity index is 467. The second kappa shape index (κ2) is 6.44. The highest BCUT2D eigenvalue weighted by molar-refractivity contribution is 5.70. The fourth-order valence-electron chi connectivity index (χ4n) is 2.83.